The molecule has 0 spiro atoms. The van der Waals surface area contributed by atoms with Crippen molar-refractivity contribution in [2.75, 3.05) is 0 Å². The van der Waals surface area contributed by atoms with E-state index in [1.54, 1.807) is 18.2 Å². The molecular formula is C28H23NO3. The number of nitrogens with zero attached hydrogens (tertiary/aromatic N) is 1. The molecule has 1 aliphatic heterocycles. The molecule has 0 N–H and O–H groups in total. The van der Waals surface area contributed by atoms with Gasteiger partial charge in [0, 0.05) is 0 Å². The van der Waals surface area contributed by atoms with Crippen molar-refractivity contribution >= 4 is 11.8 Å². The van der Waals surface area contributed by atoms with Gasteiger partial charge in [-0.05, 0) is 72.1 Å². The van der Waals surface area contributed by atoms with E-state index in [1.807, 2.05) is 30.3 Å². The molecule has 3 unspecified atom stereocenters. The van der Waals surface area contributed by atoms with E-state index < -0.39 is 11.9 Å². The number of fused-ring (bicyclic) bond motifs is 1. The lowest BCUT2D eigenvalue weighted by atomic mass is 9.70. The molecule has 0 amide bonds. The number of carbonyl (C=O) groups excluding carboxylic acids is 2. The number of Topliss-reactive ketones (excluding diaryl/α,β-unsaturated/α-hetero) is 1. The first kappa shape index (κ1) is 20.2. The fraction of sp³-hybridized carbons (Fsp3) is 0.250. The van der Waals surface area contributed by atoms with Crippen LogP contribution in [-0.2, 0) is 4.79 Å². The molecular weight excluding hydrogens is 398 g/mol. The number of benzene rings is 3. The molecule has 32 heavy (non-hydrogen) atoms. The van der Waals surface area contributed by atoms with E-state index in [-0.39, 0.29) is 11.7 Å². The van der Waals surface area contributed by atoms with Gasteiger partial charge in [-0.15, -0.1) is 0 Å². The molecule has 0 saturated heterocycles. The van der Waals surface area contributed by atoms with Gasteiger partial charge in [0.05, 0.1) is 17.2 Å². The first-order chi connectivity index (χ1) is 15.6. The Bertz CT molecular complexity index is 1200. The Morgan fingerprint density at radius 2 is 1.53 bits per heavy atom. The van der Waals surface area contributed by atoms with E-state index in [0.29, 0.717) is 22.8 Å². The van der Waals surface area contributed by atoms with Gasteiger partial charge in [-0.1, -0.05) is 55.0 Å². The number of para-hydroxylation sites is 1. The van der Waals surface area contributed by atoms with Gasteiger partial charge in [-0.3, -0.25) is 9.59 Å². The van der Waals surface area contributed by atoms with Crippen molar-refractivity contribution in [2.24, 2.45) is 11.8 Å². The van der Waals surface area contributed by atoms with Crippen LogP contribution in [0, 0.1) is 23.2 Å². The molecule has 5 rings (SSSR count). The molecule has 158 valence electrons. The van der Waals surface area contributed by atoms with Crippen molar-refractivity contribution in [1.29, 1.82) is 5.26 Å². The zero-order chi connectivity index (χ0) is 22.1. The summed E-state index contributed by atoms with van der Waals surface area (Å²) in [7, 11) is 0. The second kappa shape index (κ2) is 8.43. The smallest absolute Gasteiger partial charge is 0.322 e. The average molecular weight is 421 g/mol. The fourth-order valence-corrected chi connectivity index (χ4v) is 5.13. The van der Waals surface area contributed by atoms with Gasteiger partial charge in [-0.2, -0.15) is 5.26 Å². The zero-order valence-electron chi connectivity index (χ0n) is 17.7. The van der Waals surface area contributed by atoms with E-state index >= 15 is 0 Å². The summed E-state index contributed by atoms with van der Waals surface area (Å²) in [4.78, 5) is 25.8. The summed E-state index contributed by atoms with van der Waals surface area (Å²) in [6, 6.07) is 25.3. The Hall–Kier alpha value is -3.71. The third kappa shape index (κ3) is 3.71. The van der Waals surface area contributed by atoms with Crippen LogP contribution in [0.4, 0.5) is 0 Å². The number of hydrogen-bond donors (Lipinski definition) is 0. The summed E-state index contributed by atoms with van der Waals surface area (Å²) in [6.45, 7) is 0. The van der Waals surface area contributed by atoms with Crippen molar-refractivity contribution < 1.29 is 14.3 Å². The molecule has 0 bridgehead atoms. The first-order valence-corrected chi connectivity index (χ1v) is 11.1. The molecule has 1 aliphatic carbocycles. The van der Waals surface area contributed by atoms with Crippen LogP contribution < -0.4 is 4.74 Å². The van der Waals surface area contributed by atoms with Crippen LogP contribution in [0.3, 0.4) is 0 Å². The second-order valence-corrected chi connectivity index (χ2v) is 8.69. The molecule has 3 aromatic rings. The maximum absolute atomic E-state index is 13.1. The molecule has 3 aromatic carbocycles. The minimum absolute atomic E-state index is 0.000286. The molecule has 3 atom stereocenters. The molecule has 0 aromatic heterocycles. The van der Waals surface area contributed by atoms with Crippen molar-refractivity contribution in [3.8, 4) is 22.9 Å². The van der Waals surface area contributed by atoms with E-state index in [4.69, 9.17) is 10.00 Å². The quantitative estimate of drug-likeness (QED) is 0.299. The van der Waals surface area contributed by atoms with Crippen molar-refractivity contribution in [1.82, 2.24) is 0 Å². The lowest BCUT2D eigenvalue weighted by Gasteiger charge is -2.35. The van der Waals surface area contributed by atoms with Crippen molar-refractivity contribution in [3.05, 3.63) is 89.5 Å². The zero-order valence-corrected chi connectivity index (χ0v) is 17.7. The van der Waals surface area contributed by atoms with Crippen molar-refractivity contribution in [3.63, 3.8) is 0 Å². The van der Waals surface area contributed by atoms with E-state index in [2.05, 4.69) is 30.3 Å². The Morgan fingerprint density at radius 3 is 2.25 bits per heavy atom. The summed E-state index contributed by atoms with van der Waals surface area (Å²) >= 11 is 0. The molecule has 2 aliphatic rings. The highest BCUT2D eigenvalue weighted by atomic mass is 16.5. The number of esters is 1. The summed E-state index contributed by atoms with van der Waals surface area (Å²) in [5.41, 5.74) is 4.59. The Balaban J connectivity index is 1.33. The van der Waals surface area contributed by atoms with E-state index in [9.17, 15) is 9.59 Å². The first-order valence-electron chi connectivity index (χ1n) is 11.1. The minimum atomic E-state index is -0.703. The highest BCUT2D eigenvalue weighted by Gasteiger charge is 2.43. The molecule has 4 nitrogen and oxygen atoms in total. The molecule has 1 heterocycles. The van der Waals surface area contributed by atoms with Crippen molar-refractivity contribution in [2.45, 2.75) is 31.6 Å². The monoisotopic (exact) mass is 421 g/mol. The van der Waals surface area contributed by atoms with Gasteiger partial charge in [0.15, 0.2) is 5.78 Å². The lowest BCUT2D eigenvalue weighted by molar-refractivity contribution is -0.140. The van der Waals surface area contributed by atoms with Crippen LogP contribution in [0.2, 0.25) is 0 Å². The van der Waals surface area contributed by atoms with Crippen LogP contribution in [0.15, 0.2) is 72.8 Å². The summed E-state index contributed by atoms with van der Waals surface area (Å²) < 4.78 is 5.51. The van der Waals surface area contributed by atoms with Crippen LogP contribution in [0.1, 0.15) is 53.1 Å². The largest absolute Gasteiger partial charge is 0.425 e. The van der Waals surface area contributed by atoms with Crippen LogP contribution in [0.25, 0.3) is 11.1 Å². The summed E-state index contributed by atoms with van der Waals surface area (Å²) in [5, 5.41) is 8.98. The SMILES string of the molecule is N#Cc1ccc(-c2ccc(C3CCCC(C4C(=O)Oc5ccccc5C4=O)C3)cc2)cc1. The Kier molecular flexibility index (Phi) is 5.33. The average Bonchev–Trinajstić information content (AvgIpc) is 2.84. The number of rotatable bonds is 3. The summed E-state index contributed by atoms with van der Waals surface area (Å²) in [5.74, 6) is -0.508. The van der Waals surface area contributed by atoms with Gasteiger partial charge < -0.3 is 4.74 Å². The van der Waals surface area contributed by atoms with Gasteiger partial charge in [0.1, 0.15) is 11.7 Å². The number of carbonyl (C=O) groups is 2. The predicted molar refractivity (Wildman–Crippen MR) is 121 cm³/mol. The molecule has 1 saturated carbocycles. The van der Waals surface area contributed by atoms with E-state index in [1.165, 1.54) is 5.56 Å². The van der Waals surface area contributed by atoms with Gasteiger partial charge >= 0.3 is 5.97 Å². The molecule has 4 heteroatoms. The number of nitriles is 1. The topological polar surface area (TPSA) is 67.2 Å². The van der Waals surface area contributed by atoms with Crippen LogP contribution in [0.5, 0.6) is 5.75 Å². The van der Waals surface area contributed by atoms with Gasteiger partial charge in [-0.25, -0.2) is 0 Å². The second-order valence-electron chi connectivity index (χ2n) is 8.69. The standard InChI is InChI=1S/C28H23NO3/c29-17-18-8-10-19(11-9-18)20-12-14-21(15-13-20)22-4-3-5-23(16-22)26-27(30)24-6-1-2-7-25(24)32-28(26)31/h1-2,6-15,22-23,26H,3-5,16H2. The van der Waals surface area contributed by atoms with Crippen LogP contribution >= 0.6 is 0 Å². The maximum Gasteiger partial charge on any atom is 0.322 e. The van der Waals surface area contributed by atoms with E-state index in [0.717, 1.165) is 36.8 Å². The third-order valence-electron chi connectivity index (χ3n) is 6.82. The fourth-order valence-electron chi connectivity index (χ4n) is 5.13. The van der Waals surface area contributed by atoms with Gasteiger partial charge in [0.25, 0.3) is 0 Å². The third-order valence-corrected chi connectivity index (χ3v) is 6.82. The molecule has 0 radical (unpaired) electrons. The Morgan fingerprint density at radius 1 is 0.844 bits per heavy atom. The summed E-state index contributed by atoms with van der Waals surface area (Å²) in [6.07, 6.45) is 3.72. The minimum Gasteiger partial charge on any atom is -0.425 e. The number of ether oxygens (including phenoxy) is 1. The maximum atomic E-state index is 13.1. The lowest BCUT2D eigenvalue weighted by Crippen LogP contribution is -2.40. The highest BCUT2D eigenvalue weighted by Crippen LogP contribution is 2.43. The van der Waals surface area contributed by atoms with Gasteiger partial charge in [0.2, 0.25) is 0 Å². The number of ketones is 1. The predicted octanol–water partition coefficient (Wildman–Crippen LogP) is 5.92. The molecule has 1 fully saturated rings. The highest BCUT2D eigenvalue weighted by molar-refractivity contribution is 6.13. The normalized spacial score (nSPS) is 22.5. The Labute approximate surface area is 187 Å². The van der Waals surface area contributed by atoms with Crippen LogP contribution in [-0.4, -0.2) is 11.8 Å². The number of hydrogen-bond acceptors (Lipinski definition) is 4.